The summed E-state index contributed by atoms with van der Waals surface area (Å²) in [4.78, 5) is 14.2. The molecule has 2 N–H and O–H groups in total. The summed E-state index contributed by atoms with van der Waals surface area (Å²) < 4.78 is 0. The fourth-order valence-electron chi connectivity index (χ4n) is 1.97. The third kappa shape index (κ3) is 4.06. The van der Waals surface area contributed by atoms with Crippen LogP contribution in [-0.2, 0) is 0 Å². The molecule has 0 heterocycles. The fourth-order valence-corrected chi connectivity index (χ4v) is 1.97. The molecule has 1 atom stereocenters. The molecule has 0 radical (unpaired) electrons. The molecule has 0 aliphatic carbocycles. The van der Waals surface area contributed by atoms with Gasteiger partial charge < -0.3 is 10.6 Å². The van der Waals surface area contributed by atoms with Crippen LogP contribution in [0.15, 0.2) is 18.2 Å². The zero-order chi connectivity index (χ0) is 14.6. The number of hydrogen-bond acceptors (Lipinski definition) is 2. The molecule has 0 spiro atoms. The second-order valence-electron chi connectivity index (χ2n) is 5.67. The first-order chi connectivity index (χ1) is 8.84. The highest BCUT2D eigenvalue weighted by atomic mass is 16.2. The first-order valence-corrected chi connectivity index (χ1v) is 6.91. The van der Waals surface area contributed by atoms with Crippen LogP contribution in [0.5, 0.6) is 0 Å². The van der Waals surface area contributed by atoms with Gasteiger partial charge in [-0.1, -0.05) is 26.0 Å². The zero-order valence-electron chi connectivity index (χ0n) is 12.7. The number of benzene rings is 1. The van der Waals surface area contributed by atoms with E-state index >= 15 is 0 Å². The van der Waals surface area contributed by atoms with Crippen LogP contribution in [0.3, 0.4) is 0 Å². The van der Waals surface area contributed by atoms with E-state index < -0.39 is 0 Å². The lowest BCUT2D eigenvalue weighted by atomic mass is 10.0. The molecule has 0 bridgehead atoms. The lowest BCUT2D eigenvalue weighted by molar-refractivity contribution is 0.0788. The second kappa shape index (κ2) is 6.71. The van der Waals surface area contributed by atoms with Gasteiger partial charge in [-0.15, -0.1) is 0 Å². The molecule has 0 fully saturated rings. The van der Waals surface area contributed by atoms with Crippen molar-refractivity contribution in [3.8, 4) is 0 Å². The summed E-state index contributed by atoms with van der Waals surface area (Å²) in [6.07, 6.45) is 0.838. The molecule has 0 aromatic heterocycles. The Labute approximate surface area is 116 Å². The molecular formula is C16H26N2O. The average molecular weight is 262 g/mol. The average Bonchev–Trinajstić information content (AvgIpc) is 2.37. The molecule has 1 aromatic carbocycles. The number of rotatable bonds is 5. The van der Waals surface area contributed by atoms with Gasteiger partial charge in [-0.2, -0.15) is 0 Å². The minimum absolute atomic E-state index is 0.0807. The number of aryl methyl sites for hydroxylation is 1. The summed E-state index contributed by atoms with van der Waals surface area (Å²) in [5.74, 6) is 0.529. The summed E-state index contributed by atoms with van der Waals surface area (Å²) >= 11 is 0. The Balaban J connectivity index is 2.69. The highest BCUT2D eigenvalue weighted by molar-refractivity contribution is 5.95. The van der Waals surface area contributed by atoms with Gasteiger partial charge in [-0.3, -0.25) is 4.79 Å². The van der Waals surface area contributed by atoms with E-state index in [1.165, 1.54) is 0 Å². The largest absolute Gasteiger partial charge is 0.342 e. The van der Waals surface area contributed by atoms with Crippen LogP contribution in [0, 0.1) is 19.8 Å². The normalized spacial score (nSPS) is 12.6. The molecule has 0 saturated heterocycles. The predicted molar refractivity (Wildman–Crippen MR) is 80.3 cm³/mol. The van der Waals surface area contributed by atoms with E-state index in [0.29, 0.717) is 12.5 Å². The van der Waals surface area contributed by atoms with Crippen LogP contribution >= 0.6 is 0 Å². The Bertz CT molecular complexity index is 440. The SMILES string of the molecule is Cc1cccc(C(=O)N(C)CCC(N)C(C)C)c1C. The van der Waals surface area contributed by atoms with E-state index in [4.69, 9.17) is 5.73 Å². The number of hydrogen-bond donors (Lipinski definition) is 1. The number of amides is 1. The summed E-state index contributed by atoms with van der Waals surface area (Å²) in [5, 5.41) is 0. The van der Waals surface area contributed by atoms with Crippen molar-refractivity contribution in [2.45, 2.75) is 40.2 Å². The van der Waals surface area contributed by atoms with Crippen molar-refractivity contribution in [3.05, 3.63) is 34.9 Å². The molecule has 0 aliphatic rings. The third-order valence-corrected chi connectivity index (χ3v) is 3.84. The van der Waals surface area contributed by atoms with Gasteiger partial charge in [0, 0.05) is 25.2 Å². The van der Waals surface area contributed by atoms with Crippen molar-refractivity contribution in [1.82, 2.24) is 4.90 Å². The fraction of sp³-hybridized carbons (Fsp3) is 0.562. The molecule has 1 amide bonds. The van der Waals surface area contributed by atoms with Crippen molar-refractivity contribution >= 4 is 5.91 Å². The van der Waals surface area contributed by atoms with Crippen LogP contribution < -0.4 is 5.73 Å². The maximum atomic E-state index is 12.4. The van der Waals surface area contributed by atoms with Crippen molar-refractivity contribution in [2.75, 3.05) is 13.6 Å². The maximum absolute atomic E-state index is 12.4. The van der Waals surface area contributed by atoms with Gasteiger partial charge in [0.1, 0.15) is 0 Å². The molecule has 1 aromatic rings. The van der Waals surface area contributed by atoms with E-state index in [1.54, 1.807) is 4.90 Å². The molecule has 0 saturated carbocycles. The minimum Gasteiger partial charge on any atom is -0.342 e. The topological polar surface area (TPSA) is 46.3 Å². The molecule has 19 heavy (non-hydrogen) atoms. The summed E-state index contributed by atoms with van der Waals surface area (Å²) in [6.45, 7) is 8.94. The molecule has 106 valence electrons. The quantitative estimate of drug-likeness (QED) is 0.887. The van der Waals surface area contributed by atoms with E-state index in [-0.39, 0.29) is 11.9 Å². The summed E-state index contributed by atoms with van der Waals surface area (Å²) in [6, 6.07) is 6.00. The van der Waals surface area contributed by atoms with Gasteiger partial charge in [0.25, 0.3) is 5.91 Å². The van der Waals surface area contributed by atoms with E-state index in [1.807, 2.05) is 39.1 Å². The first-order valence-electron chi connectivity index (χ1n) is 6.91. The molecule has 1 unspecified atom stereocenters. The summed E-state index contributed by atoms with van der Waals surface area (Å²) in [5.41, 5.74) is 9.03. The predicted octanol–water partition coefficient (Wildman–Crippen LogP) is 2.75. The van der Waals surface area contributed by atoms with Crippen LogP contribution in [0.4, 0.5) is 0 Å². The number of nitrogens with zero attached hydrogens (tertiary/aromatic N) is 1. The van der Waals surface area contributed by atoms with Gasteiger partial charge in [0.2, 0.25) is 0 Å². The summed E-state index contributed by atoms with van der Waals surface area (Å²) in [7, 11) is 1.84. The van der Waals surface area contributed by atoms with Gasteiger partial charge >= 0.3 is 0 Å². The lowest BCUT2D eigenvalue weighted by Gasteiger charge is -2.22. The maximum Gasteiger partial charge on any atom is 0.253 e. The molecular weight excluding hydrogens is 236 g/mol. The second-order valence-corrected chi connectivity index (χ2v) is 5.67. The minimum atomic E-state index is 0.0807. The van der Waals surface area contributed by atoms with E-state index in [0.717, 1.165) is 23.1 Å². The van der Waals surface area contributed by atoms with Gasteiger partial charge in [0.15, 0.2) is 0 Å². The standard InChI is InChI=1S/C16H26N2O/c1-11(2)15(17)9-10-18(5)16(19)14-8-6-7-12(3)13(14)4/h6-8,11,15H,9-10,17H2,1-5H3. The van der Waals surface area contributed by atoms with E-state index in [2.05, 4.69) is 13.8 Å². The first kappa shape index (κ1) is 15.7. The van der Waals surface area contributed by atoms with Gasteiger partial charge in [-0.05, 0) is 43.4 Å². The highest BCUT2D eigenvalue weighted by Crippen LogP contribution is 2.15. The molecule has 3 nitrogen and oxygen atoms in total. The number of carbonyl (C=O) groups excluding carboxylic acids is 1. The van der Waals surface area contributed by atoms with Crippen LogP contribution in [0.25, 0.3) is 0 Å². The Morgan fingerprint density at radius 3 is 2.53 bits per heavy atom. The van der Waals surface area contributed by atoms with Crippen molar-refractivity contribution in [2.24, 2.45) is 11.7 Å². The van der Waals surface area contributed by atoms with Crippen LogP contribution in [0.1, 0.15) is 41.8 Å². The monoisotopic (exact) mass is 262 g/mol. The van der Waals surface area contributed by atoms with Crippen molar-refractivity contribution in [1.29, 1.82) is 0 Å². The smallest absolute Gasteiger partial charge is 0.253 e. The van der Waals surface area contributed by atoms with Crippen molar-refractivity contribution in [3.63, 3.8) is 0 Å². The zero-order valence-corrected chi connectivity index (χ0v) is 12.7. The Kier molecular flexibility index (Phi) is 5.55. The molecule has 3 heteroatoms. The van der Waals surface area contributed by atoms with Crippen molar-refractivity contribution < 1.29 is 4.79 Å². The third-order valence-electron chi connectivity index (χ3n) is 3.84. The Morgan fingerprint density at radius 2 is 1.95 bits per heavy atom. The number of carbonyl (C=O) groups is 1. The van der Waals surface area contributed by atoms with Crippen LogP contribution in [-0.4, -0.2) is 30.4 Å². The molecule has 0 aliphatic heterocycles. The van der Waals surface area contributed by atoms with Gasteiger partial charge in [0.05, 0.1) is 0 Å². The van der Waals surface area contributed by atoms with Gasteiger partial charge in [-0.25, -0.2) is 0 Å². The number of nitrogens with two attached hydrogens (primary N) is 1. The molecule has 1 rings (SSSR count). The van der Waals surface area contributed by atoms with E-state index in [9.17, 15) is 4.79 Å². The lowest BCUT2D eigenvalue weighted by Crippen LogP contribution is -2.35. The van der Waals surface area contributed by atoms with Crippen LogP contribution in [0.2, 0.25) is 0 Å². The Hall–Kier alpha value is -1.35. The Morgan fingerprint density at radius 1 is 1.32 bits per heavy atom. The highest BCUT2D eigenvalue weighted by Gasteiger charge is 2.16.